The number of nitrogen functional groups attached to an aromatic ring is 1. The average molecular weight is 241 g/mol. The molecule has 0 radical (unpaired) electrons. The van der Waals surface area contributed by atoms with Crippen molar-refractivity contribution in [3.05, 3.63) is 11.2 Å². The summed E-state index contributed by atoms with van der Waals surface area (Å²) in [6.07, 6.45) is 4.91. The summed E-state index contributed by atoms with van der Waals surface area (Å²) in [5.74, 6) is 1.80. The van der Waals surface area contributed by atoms with E-state index in [9.17, 15) is 0 Å². The number of nitrogens with one attached hydrogen (secondary N) is 1. The highest BCUT2D eigenvalue weighted by Gasteiger charge is 2.18. The fourth-order valence-electron chi connectivity index (χ4n) is 2.12. The minimum atomic E-state index is 0.221. The van der Waals surface area contributed by atoms with Crippen LogP contribution in [0.15, 0.2) is 6.07 Å². The molecule has 16 heavy (non-hydrogen) atoms. The van der Waals surface area contributed by atoms with Crippen LogP contribution < -0.4 is 11.1 Å². The third-order valence-corrected chi connectivity index (χ3v) is 3.27. The maximum absolute atomic E-state index is 5.82. The first-order chi connectivity index (χ1) is 7.63. The van der Waals surface area contributed by atoms with Crippen LogP contribution in [-0.2, 0) is 0 Å². The summed E-state index contributed by atoms with van der Waals surface area (Å²) in [4.78, 5) is 7.95. The van der Waals surface area contributed by atoms with Crippen molar-refractivity contribution < 1.29 is 0 Å². The van der Waals surface area contributed by atoms with Crippen LogP contribution in [0.1, 0.15) is 32.6 Å². The zero-order valence-electron chi connectivity index (χ0n) is 9.41. The normalized spacial score (nSPS) is 25.4. The summed E-state index contributed by atoms with van der Waals surface area (Å²) in [6, 6.07) is 2.21. The SMILES string of the molecule is CC1CCC(Nc2cc(Cl)nc(N)n2)CC1. The Morgan fingerprint density at radius 3 is 2.62 bits per heavy atom. The molecule has 0 aliphatic heterocycles. The molecule has 0 saturated heterocycles. The number of halogens is 1. The first-order valence-electron chi connectivity index (χ1n) is 5.70. The largest absolute Gasteiger partial charge is 0.368 e. The van der Waals surface area contributed by atoms with Crippen LogP contribution >= 0.6 is 11.6 Å². The molecule has 0 bridgehead atoms. The molecular formula is C11H17ClN4. The Bertz CT molecular complexity index is 341. The van der Waals surface area contributed by atoms with Gasteiger partial charge in [-0.2, -0.15) is 4.98 Å². The Balaban J connectivity index is 1.98. The molecule has 5 heteroatoms. The number of hydrogen-bond acceptors (Lipinski definition) is 4. The molecule has 1 saturated carbocycles. The Hall–Kier alpha value is -1.03. The monoisotopic (exact) mass is 240 g/mol. The van der Waals surface area contributed by atoms with Crippen molar-refractivity contribution >= 4 is 23.4 Å². The Labute approximate surface area is 101 Å². The minimum absolute atomic E-state index is 0.221. The van der Waals surface area contributed by atoms with E-state index >= 15 is 0 Å². The lowest BCUT2D eigenvalue weighted by molar-refractivity contribution is 0.361. The number of nitrogens with two attached hydrogens (primary N) is 1. The topological polar surface area (TPSA) is 63.8 Å². The number of anilines is 2. The van der Waals surface area contributed by atoms with Gasteiger partial charge in [-0.3, -0.25) is 0 Å². The van der Waals surface area contributed by atoms with Crippen LogP contribution in [0.5, 0.6) is 0 Å². The number of hydrogen-bond donors (Lipinski definition) is 2. The van der Waals surface area contributed by atoms with Gasteiger partial charge in [-0.1, -0.05) is 18.5 Å². The number of nitrogens with zero attached hydrogens (tertiary/aromatic N) is 2. The molecule has 0 spiro atoms. The molecule has 0 unspecified atom stereocenters. The van der Waals surface area contributed by atoms with E-state index in [1.807, 2.05) is 0 Å². The van der Waals surface area contributed by atoms with Crippen molar-refractivity contribution in [1.82, 2.24) is 9.97 Å². The standard InChI is InChI=1S/C11H17ClN4/c1-7-2-4-8(5-3-7)14-10-6-9(12)15-11(13)16-10/h6-8H,2-5H2,1H3,(H3,13,14,15,16). The van der Waals surface area contributed by atoms with Gasteiger partial charge in [0.1, 0.15) is 11.0 Å². The van der Waals surface area contributed by atoms with Gasteiger partial charge in [-0.15, -0.1) is 0 Å². The van der Waals surface area contributed by atoms with Crippen molar-refractivity contribution in [2.45, 2.75) is 38.6 Å². The van der Waals surface area contributed by atoms with Crippen molar-refractivity contribution in [2.75, 3.05) is 11.1 Å². The predicted octanol–water partition coefficient (Wildman–Crippen LogP) is 2.70. The van der Waals surface area contributed by atoms with E-state index in [4.69, 9.17) is 17.3 Å². The molecule has 2 rings (SSSR count). The first kappa shape index (κ1) is 11.5. The Morgan fingerprint density at radius 2 is 2.00 bits per heavy atom. The van der Waals surface area contributed by atoms with Crippen LogP contribution in [0.2, 0.25) is 5.15 Å². The summed E-state index contributed by atoms with van der Waals surface area (Å²) >= 11 is 5.82. The fraction of sp³-hybridized carbons (Fsp3) is 0.636. The molecule has 0 aromatic carbocycles. The van der Waals surface area contributed by atoms with Crippen molar-refractivity contribution in [1.29, 1.82) is 0 Å². The van der Waals surface area contributed by atoms with Crippen molar-refractivity contribution in [2.24, 2.45) is 5.92 Å². The van der Waals surface area contributed by atoms with Gasteiger partial charge in [0.05, 0.1) is 0 Å². The van der Waals surface area contributed by atoms with E-state index in [2.05, 4.69) is 22.2 Å². The zero-order chi connectivity index (χ0) is 11.5. The first-order valence-corrected chi connectivity index (χ1v) is 6.08. The molecule has 3 N–H and O–H groups in total. The van der Waals surface area contributed by atoms with E-state index in [1.54, 1.807) is 6.07 Å². The van der Waals surface area contributed by atoms with Gasteiger partial charge in [-0.05, 0) is 31.6 Å². The van der Waals surface area contributed by atoms with Gasteiger partial charge in [-0.25, -0.2) is 4.98 Å². The van der Waals surface area contributed by atoms with Gasteiger partial charge in [0, 0.05) is 12.1 Å². The van der Waals surface area contributed by atoms with Gasteiger partial charge in [0.25, 0.3) is 0 Å². The van der Waals surface area contributed by atoms with Crippen LogP contribution in [0.25, 0.3) is 0 Å². The van der Waals surface area contributed by atoms with E-state index < -0.39 is 0 Å². The second-order valence-electron chi connectivity index (χ2n) is 4.54. The second-order valence-corrected chi connectivity index (χ2v) is 4.92. The van der Waals surface area contributed by atoms with E-state index in [1.165, 1.54) is 25.7 Å². The van der Waals surface area contributed by atoms with E-state index in [0.717, 1.165) is 11.7 Å². The Morgan fingerprint density at radius 1 is 1.31 bits per heavy atom. The summed E-state index contributed by atoms with van der Waals surface area (Å²) in [5, 5.41) is 3.76. The predicted molar refractivity (Wildman–Crippen MR) is 66.5 cm³/mol. The van der Waals surface area contributed by atoms with Gasteiger partial charge >= 0.3 is 0 Å². The summed E-state index contributed by atoms with van der Waals surface area (Å²) < 4.78 is 0. The highest BCUT2D eigenvalue weighted by molar-refractivity contribution is 6.29. The molecule has 1 aromatic heterocycles. The highest BCUT2D eigenvalue weighted by Crippen LogP contribution is 2.26. The second kappa shape index (κ2) is 4.87. The van der Waals surface area contributed by atoms with Crippen LogP contribution in [0, 0.1) is 5.92 Å². The van der Waals surface area contributed by atoms with Gasteiger partial charge < -0.3 is 11.1 Å². The smallest absolute Gasteiger partial charge is 0.223 e. The van der Waals surface area contributed by atoms with E-state index in [0.29, 0.717) is 11.2 Å². The molecular weight excluding hydrogens is 224 g/mol. The third kappa shape index (κ3) is 2.98. The highest BCUT2D eigenvalue weighted by atomic mass is 35.5. The molecule has 88 valence electrons. The van der Waals surface area contributed by atoms with E-state index in [-0.39, 0.29) is 5.95 Å². The third-order valence-electron chi connectivity index (χ3n) is 3.08. The number of aromatic nitrogens is 2. The lowest BCUT2D eigenvalue weighted by atomic mass is 9.87. The van der Waals surface area contributed by atoms with Crippen molar-refractivity contribution in [3.8, 4) is 0 Å². The lowest BCUT2D eigenvalue weighted by Gasteiger charge is -2.27. The maximum Gasteiger partial charge on any atom is 0.223 e. The zero-order valence-corrected chi connectivity index (χ0v) is 10.2. The maximum atomic E-state index is 5.82. The van der Waals surface area contributed by atoms with Gasteiger partial charge in [0.15, 0.2) is 0 Å². The molecule has 1 aliphatic rings. The molecule has 0 amide bonds. The lowest BCUT2D eigenvalue weighted by Crippen LogP contribution is -2.25. The van der Waals surface area contributed by atoms with Gasteiger partial charge in [0.2, 0.25) is 5.95 Å². The molecule has 1 fully saturated rings. The molecule has 4 nitrogen and oxygen atoms in total. The fourth-order valence-corrected chi connectivity index (χ4v) is 2.31. The summed E-state index contributed by atoms with van der Waals surface area (Å²) in [7, 11) is 0. The van der Waals surface area contributed by atoms with Crippen LogP contribution in [-0.4, -0.2) is 16.0 Å². The quantitative estimate of drug-likeness (QED) is 0.781. The average Bonchev–Trinajstić information content (AvgIpc) is 2.20. The minimum Gasteiger partial charge on any atom is -0.368 e. The molecule has 1 heterocycles. The van der Waals surface area contributed by atoms with Crippen molar-refractivity contribution in [3.63, 3.8) is 0 Å². The summed E-state index contributed by atoms with van der Waals surface area (Å²) in [6.45, 7) is 2.30. The molecule has 0 atom stereocenters. The molecule has 1 aromatic rings. The van der Waals surface area contributed by atoms with Crippen LogP contribution in [0.3, 0.4) is 0 Å². The Kier molecular flexibility index (Phi) is 3.49. The van der Waals surface area contributed by atoms with Crippen LogP contribution in [0.4, 0.5) is 11.8 Å². The number of rotatable bonds is 2. The summed E-state index contributed by atoms with van der Waals surface area (Å²) in [5.41, 5.74) is 5.54. The molecule has 1 aliphatic carbocycles.